The van der Waals surface area contributed by atoms with Gasteiger partial charge in [-0.25, -0.2) is 0 Å². The lowest BCUT2D eigenvalue weighted by molar-refractivity contribution is -0.384. The lowest BCUT2D eigenvalue weighted by Gasteiger charge is -2.18. The van der Waals surface area contributed by atoms with Crippen LogP contribution in [0.15, 0.2) is 48.5 Å². The zero-order valence-electron chi connectivity index (χ0n) is 13.9. The van der Waals surface area contributed by atoms with E-state index in [0.29, 0.717) is 11.4 Å². The Kier molecular flexibility index (Phi) is 5.52. The molecule has 24 heavy (non-hydrogen) atoms. The Morgan fingerprint density at radius 2 is 1.83 bits per heavy atom. The molecule has 0 heterocycles. The van der Waals surface area contributed by atoms with Gasteiger partial charge in [0.1, 0.15) is 5.75 Å². The maximum Gasteiger partial charge on any atom is 0.271 e. The normalized spacial score (nSPS) is 11.8. The van der Waals surface area contributed by atoms with E-state index >= 15 is 0 Å². The summed E-state index contributed by atoms with van der Waals surface area (Å²) in [5.41, 5.74) is 1.31. The molecule has 6 heteroatoms. The SMILES string of the molecule is CC(C)c1ccccc1O[C@@H](C)C(=O)Nc1cccc([N+](=O)[O-])c1. The molecule has 0 radical (unpaired) electrons. The lowest BCUT2D eigenvalue weighted by atomic mass is 10.0. The number of hydrogen-bond donors (Lipinski definition) is 1. The van der Waals surface area contributed by atoms with E-state index in [4.69, 9.17) is 4.74 Å². The van der Waals surface area contributed by atoms with Gasteiger partial charge < -0.3 is 10.1 Å². The number of non-ortho nitro benzene ring substituents is 1. The van der Waals surface area contributed by atoms with Crippen molar-refractivity contribution in [2.75, 3.05) is 5.32 Å². The van der Waals surface area contributed by atoms with Gasteiger partial charge in [0.2, 0.25) is 0 Å². The number of ether oxygens (including phenoxy) is 1. The van der Waals surface area contributed by atoms with Crippen LogP contribution in [0.2, 0.25) is 0 Å². The van der Waals surface area contributed by atoms with Gasteiger partial charge in [0.25, 0.3) is 11.6 Å². The van der Waals surface area contributed by atoms with E-state index in [1.54, 1.807) is 13.0 Å². The van der Waals surface area contributed by atoms with E-state index < -0.39 is 11.0 Å². The lowest BCUT2D eigenvalue weighted by Crippen LogP contribution is -2.30. The Hall–Kier alpha value is -2.89. The van der Waals surface area contributed by atoms with Gasteiger partial charge in [0.05, 0.1) is 4.92 Å². The quantitative estimate of drug-likeness (QED) is 0.638. The molecule has 0 aliphatic carbocycles. The summed E-state index contributed by atoms with van der Waals surface area (Å²) in [6.07, 6.45) is -0.732. The van der Waals surface area contributed by atoms with Crippen LogP contribution >= 0.6 is 0 Å². The van der Waals surface area contributed by atoms with Crippen molar-refractivity contribution >= 4 is 17.3 Å². The molecule has 0 aromatic heterocycles. The highest BCUT2D eigenvalue weighted by atomic mass is 16.6. The number of nitrogens with zero attached hydrogens (tertiary/aromatic N) is 1. The van der Waals surface area contributed by atoms with Crippen molar-refractivity contribution in [2.45, 2.75) is 32.8 Å². The van der Waals surface area contributed by atoms with Crippen LogP contribution in [0.25, 0.3) is 0 Å². The van der Waals surface area contributed by atoms with Crippen LogP contribution in [0.3, 0.4) is 0 Å². The number of anilines is 1. The number of hydrogen-bond acceptors (Lipinski definition) is 4. The molecule has 2 aromatic rings. The van der Waals surface area contributed by atoms with Crippen molar-refractivity contribution in [3.05, 3.63) is 64.2 Å². The molecular weight excluding hydrogens is 308 g/mol. The van der Waals surface area contributed by atoms with Gasteiger partial charge in [0.15, 0.2) is 6.10 Å². The molecule has 0 saturated carbocycles. The highest BCUT2D eigenvalue weighted by Crippen LogP contribution is 2.27. The Balaban J connectivity index is 2.08. The van der Waals surface area contributed by atoms with E-state index in [2.05, 4.69) is 19.2 Å². The van der Waals surface area contributed by atoms with Gasteiger partial charge in [-0.3, -0.25) is 14.9 Å². The van der Waals surface area contributed by atoms with Crippen LogP contribution in [0.4, 0.5) is 11.4 Å². The molecule has 1 N–H and O–H groups in total. The van der Waals surface area contributed by atoms with E-state index in [0.717, 1.165) is 5.56 Å². The molecule has 0 bridgehead atoms. The van der Waals surface area contributed by atoms with Crippen LogP contribution in [0, 0.1) is 10.1 Å². The van der Waals surface area contributed by atoms with Gasteiger partial charge in [0, 0.05) is 17.8 Å². The highest BCUT2D eigenvalue weighted by molar-refractivity contribution is 5.94. The zero-order chi connectivity index (χ0) is 17.7. The predicted molar refractivity (Wildman–Crippen MR) is 92.3 cm³/mol. The first-order chi connectivity index (χ1) is 11.4. The van der Waals surface area contributed by atoms with Gasteiger partial charge >= 0.3 is 0 Å². The molecule has 126 valence electrons. The van der Waals surface area contributed by atoms with Gasteiger partial charge in [-0.05, 0) is 30.5 Å². The number of rotatable bonds is 6. The van der Waals surface area contributed by atoms with Crippen LogP contribution < -0.4 is 10.1 Å². The third kappa shape index (κ3) is 4.32. The first-order valence-corrected chi connectivity index (χ1v) is 7.69. The van der Waals surface area contributed by atoms with Crippen LogP contribution in [0.5, 0.6) is 5.75 Å². The number of nitro benzene ring substituents is 1. The Morgan fingerprint density at radius 3 is 2.50 bits per heavy atom. The predicted octanol–water partition coefficient (Wildman–Crippen LogP) is 4.12. The molecule has 0 spiro atoms. The van der Waals surface area contributed by atoms with E-state index in [9.17, 15) is 14.9 Å². The second-order valence-corrected chi connectivity index (χ2v) is 5.75. The maximum atomic E-state index is 12.3. The molecule has 6 nitrogen and oxygen atoms in total. The third-order valence-electron chi connectivity index (χ3n) is 3.54. The third-order valence-corrected chi connectivity index (χ3v) is 3.54. The summed E-state index contributed by atoms with van der Waals surface area (Å²) in [4.78, 5) is 22.6. The summed E-state index contributed by atoms with van der Waals surface area (Å²) in [6, 6.07) is 13.4. The average Bonchev–Trinajstić information content (AvgIpc) is 2.55. The van der Waals surface area contributed by atoms with Crippen molar-refractivity contribution in [3.8, 4) is 5.75 Å². The Morgan fingerprint density at radius 1 is 1.12 bits per heavy atom. The standard InChI is InChI=1S/C18H20N2O4/c1-12(2)16-9-4-5-10-17(16)24-13(3)18(21)19-14-7-6-8-15(11-14)20(22)23/h4-13H,1-3H3,(H,19,21)/t13-/m0/s1. The number of nitro groups is 1. The molecule has 0 saturated heterocycles. The first kappa shape index (κ1) is 17.5. The van der Waals surface area contributed by atoms with Gasteiger partial charge in [-0.1, -0.05) is 38.1 Å². The Labute approximate surface area is 140 Å². The van der Waals surface area contributed by atoms with Crippen LogP contribution in [-0.2, 0) is 4.79 Å². The highest BCUT2D eigenvalue weighted by Gasteiger charge is 2.18. The summed E-state index contributed by atoms with van der Waals surface area (Å²) in [5, 5.41) is 13.4. The molecule has 1 atom stereocenters. The Bertz CT molecular complexity index is 743. The summed E-state index contributed by atoms with van der Waals surface area (Å²) < 4.78 is 5.77. The summed E-state index contributed by atoms with van der Waals surface area (Å²) in [7, 11) is 0. The number of benzene rings is 2. The van der Waals surface area contributed by atoms with Crippen molar-refractivity contribution in [1.29, 1.82) is 0 Å². The molecule has 2 rings (SSSR count). The van der Waals surface area contributed by atoms with Crippen molar-refractivity contribution < 1.29 is 14.5 Å². The van der Waals surface area contributed by atoms with E-state index in [-0.39, 0.29) is 17.5 Å². The van der Waals surface area contributed by atoms with Gasteiger partial charge in [-0.2, -0.15) is 0 Å². The molecular formula is C18H20N2O4. The number of amides is 1. The molecule has 0 aliphatic heterocycles. The summed E-state index contributed by atoms with van der Waals surface area (Å²) in [6.45, 7) is 5.75. The molecule has 2 aromatic carbocycles. The van der Waals surface area contributed by atoms with E-state index in [1.807, 2.05) is 24.3 Å². The van der Waals surface area contributed by atoms with Crippen molar-refractivity contribution in [3.63, 3.8) is 0 Å². The van der Waals surface area contributed by atoms with Crippen molar-refractivity contribution in [2.24, 2.45) is 0 Å². The molecule has 1 amide bonds. The first-order valence-electron chi connectivity index (χ1n) is 7.69. The minimum atomic E-state index is -0.732. The van der Waals surface area contributed by atoms with Crippen LogP contribution in [-0.4, -0.2) is 16.9 Å². The fourth-order valence-corrected chi connectivity index (χ4v) is 2.25. The minimum Gasteiger partial charge on any atom is -0.481 e. The number of carbonyl (C=O) groups is 1. The summed E-state index contributed by atoms with van der Waals surface area (Å²) in [5.74, 6) is 0.566. The number of para-hydroxylation sites is 1. The van der Waals surface area contributed by atoms with E-state index in [1.165, 1.54) is 18.2 Å². The second kappa shape index (κ2) is 7.59. The minimum absolute atomic E-state index is 0.0773. The average molecular weight is 328 g/mol. The number of nitrogens with one attached hydrogen (secondary N) is 1. The largest absolute Gasteiger partial charge is 0.481 e. The topological polar surface area (TPSA) is 81.5 Å². The fraction of sp³-hybridized carbons (Fsp3) is 0.278. The number of carbonyl (C=O) groups excluding carboxylic acids is 1. The monoisotopic (exact) mass is 328 g/mol. The van der Waals surface area contributed by atoms with Gasteiger partial charge in [-0.15, -0.1) is 0 Å². The maximum absolute atomic E-state index is 12.3. The second-order valence-electron chi connectivity index (χ2n) is 5.75. The fourth-order valence-electron chi connectivity index (χ4n) is 2.25. The van der Waals surface area contributed by atoms with Crippen LogP contribution in [0.1, 0.15) is 32.3 Å². The zero-order valence-corrected chi connectivity index (χ0v) is 13.9. The molecule has 0 aliphatic rings. The smallest absolute Gasteiger partial charge is 0.271 e. The van der Waals surface area contributed by atoms with Crippen molar-refractivity contribution in [1.82, 2.24) is 0 Å². The molecule has 0 fully saturated rings. The summed E-state index contributed by atoms with van der Waals surface area (Å²) >= 11 is 0. The molecule has 0 unspecified atom stereocenters.